The number of phosphoric ester groups is 2. The van der Waals surface area contributed by atoms with Gasteiger partial charge in [0, 0.05) is 25.7 Å². The molecule has 0 fully saturated rings. The monoisotopic (exact) mass is 1420 g/mol. The molecule has 0 aliphatic heterocycles. The zero-order chi connectivity index (χ0) is 71.7. The molecule has 0 aliphatic carbocycles. The summed E-state index contributed by atoms with van der Waals surface area (Å²) in [7, 11) is -9.91. The number of hydrogen-bond donors (Lipinski definition) is 3. The molecule has 0 amide bonds. The maximum absolute atomic E-state index is 13.1. The predicted molar refractivity (Wildman–Crippen MR) is 395 cm³/mol. The highest BCUT2D eigenvalue weighted by atomic mass is 31.2. The second-order valence-corrected chi connectivity index (χ2v) is 32.7. The van der Waals surface area contributed by atoms with Gasteiger partial charge in [-0.25, -0.2) is 9.13 Å². The summed E-state index contributed by atoms with van der Waals surface area (Å²) in [4.78, 5) is 72.8. The van der Waals surface area contributed by atoms with Crippen molar-refractivity contribution in [2.45, 2.75) is 414 Å². The summed E-state index contributed by atoms with van der Waals surface area (Å²) < 4.78 is 68.5. The molecular weight excluding hydrogens is 1270 g/mol. The van der Waals surface area contributed by atoms with Crippen LogP contribution in [-0.4, -0.2) is 96.7 Å². The Balaban J connectivity index is 5.16. The van der Waals surface area contributed by atoms with Crippen LogP contribution in [0.15, 0.2) is 0 Å². The van der Waals surface area contributed by atoms with Gasteiger partial charge in [0.05, 0.1) is 26.4 Å². The van der Waals surface area contributed by atoms with Crippen LogP contribution in [0.5, 0.6) is 0 Å². The zero-order valence-electron chi connectivity index (χ0n) is 63.7. The SMILES string of the molecule is CCC(C)CCCCCCCCCCCCCCCCCCCCC(=O)OC[C@H](COP(=O)(O)OC[C@@H](O)COP(=O)(O)OC[C@@H](COC(=O)CCCCCCCCC(C)C)OC(=O)CCCCCCCCCCCCC(C)C)OC(=O)CCCCCCCCCCCCC(C)C. The van der Waals surface area contributed by atoms with E-state index in [-0.39, 0.29) is 25.7 Å². The molecule has 97 heavy (non-hydrogen) atoms. The van der Waals surface area contributed by atoms with Crippen molar-refractivity contribution in [3.05, 3.63) is 0 Å². The molecule has 3 N–H and O–H groups in total. The Morgan fingerprint density at radius 2 is 0.495 bits per heavy atom. The van der Waals surface area contributed by atoms with E-state index >= 15 is 0 Å². The van der Waals surface area contributed by atoms with Gasteiger partial charge in [-0.2, -0.15) is 0 Å². The van der Waals surface area contributed by atoms with Gasteiger partial charge in [0.2, 0.25) is 0 Å². The molecule has 0 rings (SSSR count). The molecule has 0 aromatic carbocycles. The number of phosphoric acid groups is 2. The van der Waals surface area contributed by atoms with Crippen LogP contribution in [0.25, 0.3) is 0 Å². The second-order valence-electron chi connectivity index (χ2n) is 29.8. The minimum atomic E-state index is -4.96. The molecular formula is C78H152O17P2. The van der Waals surface area contributed by atoms with Gasteiger partial charge in [0.1, 0.15) is 19.3 Å². The predicted octanol–water partition coefficient (Wildman–Crippen LogP) is 22.8. The first-order chi connectivity index (χ1) is 46.6. The number of hydrogen-bond acceptors (Lipinski definition) is 15. The number of carbonyl (C=O) groups excluding carboxylic acids is 4. The number of rotatable bonds is 75. The first-order valence-corrected chi connectivity index (χ1v) is 43.2. The van der Waals surface area contributed by atoms with Crippen molar-refractivity contribution in [2.24, 2.45) is 23.7 Å². The van der Waals surface area contributed by atoms with Crippen LogP contribution in [0.1, 0.15) is 396 Å². The number of ether oxygens (including phenoxy) is 4. The van der Waals surface area contributed by atoms with Crippen LogP contribution in [0, 0.1) is 23.7 Å². The van der Waals surface area contributed by atoms with Gasteiger partial charge in [-0.15, -0.1) is 0 Å². The van der Waals surface area contributed by atoms with E-state index < -0.39 is 97.5 Å². The Morgan fingerprint density at radius 1 is 0.289 bits per heavy atom. The van der Waals surface area contributed by atoms with Crippen molar-refractivity contribution < 1.29 is 80.2 Å². The summed E-state index contributed by atoms with van der Waals surface area (Å²) in [6.07, 6.45) is 53.0. The lowest BCUT2D eigenvalue weighted by molar-refractivity contribution is -0.161. The van der Waals surface area contributed by atoms with Crippen LogP contribution in [0.4, 0.5) is 0 Å². The van der Waals surface area contributed by atoms with E-state index in [0.29, 0.717) is 31.6 Å². The van der Waals surface area contributed by atoms with E-state index in [9.17, 15) is 43.2 Å². The number of aliphatic hydroxyl groups is 1. The molecule has 17 nitrogen and oxygen atoms in total. The molecule has 0 aliphatic rings. The summed E-state index contributed by atoms with van der Waals surface area (Å²) in [6.45, 7) is 14.2. The average molecular weight is 1420 g/mol. The lowest BCUT2D eigenvalue weighted by Gasteiger charge is -2.21. The van der Waals surface area contributed by atoms with Crippen LogP contribution in [0.2, 0.25) is 0 Å². The van der Waals surface area contributed by atoms with Gasteiger partial charge in [-0.05, 0) is 49.4 Å². The topological polar surface area (TPSA) is 237 Å². The largest absolute Gasteiger partial charge is 0.472 e. The third-order valence-corrected chi connectivity index (χ3v) is 20.3. The third kappa shape index (κ3) is 70.9. The molecule has 6 atom stereocenters. The molecule has 19 heteroatoms. The normalized spacial score (nSPS) is 14.4. The molecule has 0 saturated carbocycles. The lowest BCUT2D eigenvalue weighted by atomic mass is 9.99. The van der Waals surface area contributed by atoms with Crippen molar-refractivity contribution in [3.63, 3.8) is 0 Å². The van der Waals surface area contributed by atoms with Gasteiger partial charge >= 0.3 is 39.5 Å². The summed E-state index contributed by atoms with van der Waals surface area (Å²) >= 11 is 0. The van der Waals surface area contributed by atoms with E-state index in [4.69, 9.17) is 37.0 Å². The quantitative estimate of drug-likeness (QED) is 0.0222. The summed E-state index contributed by atoms with van der Waals surface area (Å²) in [5, 5.41) is 10.6. The van der Waals surface area contributed by atoms with Crippen molar-refractivity contribution in [1.29, 1.82) is 0 Å². The Kier molecular flexibility index (Phi) is 65.9. The van der Waals surface area contributed by atoms with Gasteiger partial charge in [0.15, 0.2) is 12.2 Å². The average Bonchev–Trinajstić information content (AvgIpc) is 1.26. The summed E-state index contributed by atoms with van der Waals surface area (Å²) in [5.74, 6) is 0.935. The molecule has 0 aromatic heterocycles. The first-order valence-electron chi connectivity index (χ1n) is 40.2. The van der Waals surface area contributed by atoms with Crippen LogP contribution >= 0.6 is 15.6 Å². The fraction of sp³-hybridized carbons (Fsp3) is 0.949. The second kappa shape index (κ2) is 67.2. The Labute approximate surface area is 594 Å². The fourth-order valence-corrected chi connectivity index (χ4v) is 13.5. The maximum Gasteiger partial charge on any atom is 0.472 e. The number of aliphatic hydroxyl groups excluding tert-OH is 1. The molecule has 0 heterocycles. The maximum atomic E-state index is 13.1. The first kappa shape index (κ1) is 95.1. The lowest BCUT2D eigenvalue weighted by Crippen LogP contribution is -2.30. The highest BCUT2D eigenvalue weighted by Crippen LogP contribution is 2.45. The highest BCUT2D eigenvalue weighted by Gasteiger charge is 2.30. The third-order valence-electron chi connectivity index (χ3n) is 18.4. The molecule has 0 radical (unpaired) electrons. The van der Waals surface area contributed by atoms with Gasteiger partial charge in [0.25, 0.3) is 0 Å². The van der Waals surface area contributed by atoms with Crippen LogP contribution < -0.4 is 0 Å². The summed E-state index contributed by atoms with van der Waals surface area (Å²) in [5.41, 5.74) is 0. The van der Waals surface area contributed by atoms with Crippen molar-refractivity contribution in [2.75, 3.05) is 39.6 Å². The molecule has 0 bridgehead atoms. The standard InChI is InChI=1S/C78H152O17P2/c1-9-71(8)57-49-41-32-26-18-16-14-12-10-11-13-15-17-19-27-33-42-50-58-75(80)88-64-73(94-77(82)60-52-44-34-28-22-20-24-30-38-46-54-68(2)3)66-92-96(84,85)90-62-72(79)63-91-97(86,87)93-67-74(65-89-76(81)59-51-43-37-36-40-48-56-70(6)7)95-78(83)61-53-45-35-29-23-21-25-31-39-47-55-69(4)5/h68-74,79H,9-67H2,1-8H3,(H,84,85)(H,86,87)/t71?,72-,73-,74-/m1/s1. The number of unbranched alkanes of at least 4 members (excludes halogenated alkanes) is 40. The van der Waals surface area contributed by atoms with Gasteiger partial charge < -0.3 is 33.8 Å². The van der Waals surface area contributed by atoms with Crippen LogP contribution in [0.3, 0.4) is 0 Å². The van der Waals surface area contributed by atoms with E-state index in [0.717, 1.165) is 114 Å². The van der Waals surface area contributed by atoms with E-state index in [2.05, 4.69) is 55.4 Å². The fourth-order valence-electron chi connectivity index (χ4n) is 11.9. The molecule has 576 valence electrons. The molecule has 3 unspecified atom stereocenters. The molecule has 0 saturated heterocycles. The Bertz CT molecular complexity index is 1900. The smallest absolute Gasteiger partial charge is 0.462 e. The minimum absolute atomic E-state index is 0.105. The Morgan fingerprint density at radius 3 is 0.732 bits per heavy atom. The van der Waals surface area contributed by atoms with Crippen LogP contribution in [-0.2, 0) is 65.4 Å². The molecule has 0 aromatic rings. The number of carbonyl (C=O) groups is 4. The minimum Gasteiger partial charge on any atom is -0.462 e. The Hall–Kier alpha value is -1.94. The van der Waals surface area contributed by atoms with Gasteiger partial charge in [-0.3, -0.25) is 37.3 Å². The van der Waals surface area contributed by atoms with Crippen molar-refractivity contribution in [3.8, 4) is 0 Å². The number of esters is 4. The van der Waals surface area contributed by atoms with E-state index in [1.807, 2.05) is 0 Å². The summed E-state index contributed by atoms with van der Waals surface area (Å²) in [6, 6.07) is 0. The van der Waals surface area contributed by atoms with Crippen molar-refractivity contribution in [1.82, 2.24) is 0 Å². The molecule has 0 spiro atoms. The van der Waals surface area contributed by atoms with Crippen molar-refractivity contribution >= 4 is 39.5 Å². The van der Waals surface area contributed by atoms with E-state index in [1.165, 1.54) is 193 Å². The highest BCUT2D eigenvalue weighted by molar-refractivity contribution is 7.47. The van der Waals surface area contributed by atoms with Gasteiger partial charge in [-0.1, -0.05) is 344 Å². The van der Waals surface area contributed by atoms with E-state index in [1.54, 1.807) is 0 Å². The zero-order valence-corrected chi connectivity index (χ0v) is 65.5.